The van der Waals surface area contributed by atoms with Crippen molar-refractivity contribution in [3.63, 3.8) is 0 Å². The van der Waals surface area contributed by atoms with E-state index < -0.39 is 5.97 Å². The van der Waals surface area contributed by atoms with Crippen LogP contribution in [-0.4, -0.2) is 41.1 Å². The maximum atomic E-state index is 12.7. The van der Waals surface area contributed by atoms with Crippen molar-refractivity contribution < 1.29 is 19.4 Å². The zero-order valence-electron chi connectivity index (χ0n) is 11.9. The van der Waals surface area contributed by atoms with Crippen LogP contribution in [0.5, 0.6) is 5.75 Å². The van der Waals surface area contributed by atoms with Crippen LogP contribution in [0.15, 0.2) is 28.2 Å². The fraction of sp³-hybridized carbons (Fsp3) is 0.375. The minimum atomic E-state index is -0.868. The van der Waals surface area contributed by atoms with Crippen molar-refractivity contribution in [2.45, 2.75) is 25.3 Å². The number of benzene rings is 1. The predicted molar refractivity (Wildman–Crippen MR) is 84.6 cm³/mol. The SMILES string of the molecule is O=C(O)CC1CCCN1C(=O)C1=Cc2cc(Br)ccc2OC1. The van der Waals surface area contributed by atoms with Gasteiger partial charge in [-0.3, -0.25) is 9.59 Å². The summed E-state index contributed by atoms with van der Waals surface area (Å²) in [6.07, 6.45) is 3.43. The maximum Gasteiger partial charge on any atom is 0.305 e. The van der Waals surface area contributed by atoms with Gasteiger partial charge in [-0.15, -0.1) is 0 Å². The number of hydrogen-bond acceptors (Lipinski definition) is 3. The first-order valence-corrected chi connectivity index (χ1v) is 7.99. The molecular weight excluding hydrogens is 350 g/mol. The number of carbonyl (C=O) groups excluding carboxylic acids is 1. The number of carbonyl (C=O) groups is 2. The number of nitrogens with zero attached hydrogens (tertiary/aromatic N) is 1. The second-order valence-electron chi connectivity index (χ2n) is 5.53. The van der Waals surface area contributed by atoms with Crippen LogP contribution in [0.2, 0.25) is 0 Å². The van der Waals surface area contributed by atoms with E-state index in [1.807, 2.05) is 24.3 Å². The summed E-state index contributed by atoms with van der Waals surface area (Å²) >= 11 is 3.40. The third kappa shape index (κ3) is 3.02. The number of rotatable bonds is 3. The summed E-state index contributed by atoms with van der Waals surface area (Å²) in [5.74, 6) is -0.231. The number of fused-ring (bicyclic) bond motifs is 1. The van der Waals surface area contributed by atoms with Crippen molar-refractivity contribution in [3.8, 4) is 5.75 Å². The minimum Gasteiger partial charge on any atom is -0.488 e. The molecule has 22 heavy (non-hydrogen) atoms. The summed E-state index contributed by atoms with van der Waals surface area (Å²) in [7, 11) is 0. The molecule has 0 spiro atoms. The Morgan fingerprint density at radius 1 is 1.41 bits per heavy atom. The molecule has 1 N–H and O–H groups in total. The lowest BCUT2D eigenvalue weighted by Gasteiger charge is -2.26. The number of halogens is 1. The Morgan fingerprint density at radius 3 is 3.00 bits per heavy atom. The standard InChI is InChI=1S/C16H16BrNO4/c17-12-3-4-14-10(7-12)6-11(9-22-14)16(21)18-5-1-2-13(18)8-15(19)20/h3-4,6-7,13H,1-2,5,8-9H2,(H,19,20). The Bertz CT molecular complexity index is 656. The van der Waals surface area contributed by atoms with Crippen LogP contribution >= 0.6 is 15.9 Å². The fourth-order valence-electron chi connectivity index (χ4n) is 2.97. The van der Waals surface area contributed by atoms with Crippen molar-refractivity contribution >= 4 is 33.9 Å². The van der Waals surface area contributed by atoms with Gasteiger partial charge in [-0.2, -0.15) is 0 Å². The van der Waals surface area contributed by atoms with Crippen LogP contribution in [0, 0.1) is 0 Å². The molecule has 5 nitrogen and oxygen atoms in total. The average Bonchev–Trinajstić information content (AvgIpc) is 2.93. The van der Waals surface area contributed by atoms with Crippen molar-refractivity contribution in [1.29, 1.82) is 0 Å². The highest BCUT2D eigenvalue weighted by atomic mass is 79.9. The molecule has 1 amide bonds. The van der Waals surface area contributed by atoms with E-state index in [1.54, 1.807) is 4.90 Å². The van der Waals surface area contributed by atoms with E-state index in [1.165, 1.54) is 0 Å². The second kappa shape index (κ2) is 6.12. The second-order valence-corrected chi connectivity index (χ2v) is 6.45. The number of likely N-dealkylation sites (tertiary alicyclic amines) is 1. The van der Waals surface area contributed by atoms with Gasteiger partial charge in [0, 0.05) is 22.6 Å². The summed E-state index contributed by atoms with van der Waals surface area (Å²) in [4.78, 5) is 25.3. The van der Waals surface area contributed by atoms with E-state index in [4.69, 9.17) is 9.84 Å². The Kier molecular flexibility index (Phi) is 4.20. The van der Waals surface area contributed by atoms with Crippen molar-refractivity contribution in [2.24, 2.45) is 0 Å². The van der Waals surface area contributed by atoms with E-state index in [0.717, 1.165) is 28.6 Å². The van der Waals surface area contributed by atoms with Gasteiger partial charge in [0.05, 0.1) is 12.0 Å². The van der Waals surface area contributed by atoms with E-state index in [2.05, 4.69) is 15.9 Å². The van der Waals surface area contributed by atoms with Gasteiger partial charge in [0.2, 0.25) is 0 Å². The number of amides is 1. The molecule has 0 aromatic heterocycles. The quantitative estimate of drug-likeness (QED) is 0.893. The molecule has 0 bridgehead atoms. The molecular formula is C16H16BrNO4. The number of carboxylic acid groups (broad SMARTS) is 1. The summed E-state index contributed by atoms with van der Waals surface area (Å²) < 4.78 is 6.56. The molecule has 1 saturated heterocycles. The third-order valence-electron chi connectivity index (χ3n) is 4.01. The topological polar surface area (TPSA) is 66.8 Å². The normalized spacial score (nSPS) is 20.1. The molecule has 116 valence electrons. The Morgan fingerprint density at radius 2 is 2.23 bits per heavy atom. The number of hydrogen-bond donors (Lipinski definition) is 1. The highest BCUT2D eigenvalue weighted by molar-refractivity contribution is 9.10. The molecule has 2 aliphatic heterocycles. The van der Waals surface area contributed by atoms with Gasteiger partial charge in [0.15, 0.2) is 0 Å². The molecule has 0 aliphatic carbocycles. The zero-order chi connectivity index (χ0) is 15.7. The zero-order valence-corrected chi connectivity index (χ0v) is 13.5. The first-order valence-electron chi connectivity index (χ1n) is 7.20. The third-order valence-corrected chi connectivity index (χ3v) is 4.50. The van der Waals surface area contributed by atoms with Crippen LogP contribution in [0.4, 0.5) is 0 Å². The molecule has 6 heteroatoms. The van der Waals surface area contributed by atoms with Crippen LogP contribution in [0.1, 0.15) is 24.8 Å². The van der Waals surface area contributed by atoms with E-state index in [-0.39, 0.29) is 25.0 Å². The summed E-state index contributed by atoms with van der Waals surface area (Å²) in [6, 6.07) is 5.44. The van der Waals surface area contributed by atoms with Gasteiger partial charge in [-0.25, -0.2) is 0 Å². The van der Waals surface area contributed by atoms with Crippen LogP contribution < -0.4 is 4.74 Å². The molecule has 1 aromatic rings. The lowest BCUT2D eigenvalue weighted by Crippen LogP contribution is -2.39. The average molecular weight is 366 g/mol. The highest BCUT2D eigenvalue weighted by Gasteiger charge is 2.32. The summed E-state index contributed by atoms with van der Waals surface area (Å²) in [5.41, 5.74) is 1.43. The maximum absolute atomic E-state index is 12.7. The van der Waals surface area contributed by atoms with Gasteiger partial charge < -0.3 is 14.7 Å². The predicted octanol–water partition coefficient (Wildman–Crippen LogP) is 2.69. The van der Waals surface area contributed by atoms with E-state index >= 15 is 0 Å². The summed E-state index contributed by atoms with van der Waals surface area (Å²) in [5, 5.41) is 8.96. The molecule has 1 fully saturated rings. The molecule has 2 aliphatic rings. The van der Waals surface area contributed by atoms with Gasteiger partial charge in [0.1, 0.15) is 12.4 Å². The smallest absolute Gasteiger partial charge is 0.305 e. The monoisotopic (exact) mass is 365 g/mol. The van der Waals surface area contributed by atoms with Crippen LogP contribution in [0.3, 0.4) is 0 Å². The van der Waals surface area contributed by atoms with Gasteiger partial charge in [-0.1, -0.05) is 15.9 Å². The highest BCUT2D eigenvalue weighted by Crippen LogP contribution is 2.31. The molecule has 2 heterocycles. The molecule has 0 radical (unpaired) electrons. The van der Waals surface area contributed by atoms with E-state index in [0.29, 0.717) is 12.1 Å². The van der Waals surface area contributed by atoms with Crippen LogP contribution in [0.25, 0.3) is 6.08 Å². The number of ether oxygens (including phenoxy) is 1. The molecule has 1 unspecified atom stereocenters. The first-order chi connectivity index (χ1) is 10.5. The van der Waals surface area contributed by atoms with Gasteiger partial charge in [-0.05, 0) is 37.1 Å². The van der Waals surface area contributed by atoms with Gasteiger partial charge in [0.25, 0.3) is 5.91 Å². The lowest BCUT2D eigenvalue weighted by molar-refractivity contribution is -0.139. The molecule has 1 atom stereocenters. The minimum absolute atomic E-state index is 0.00200. The van der Waals surface area contributed by atoms with Crippen molar-refractivity contribution in [2.75, 3.05) is 13.2 Å². The van der Waals surface area contributed by atoms with Crippen molar-refractivity contribution in [3.05, 3.63) is 33.8 Å². The van der Waals surface area contributed by atoms with E-state index in [9.17, 15) is 9.59 Å². The Hall–Kier alpha value is -1.82. The molecule has 1 aromatic carbocycles. The first kappa shape index (κ1) is 15.1. The van der Waals surface area contributed by atoms with Crippen LogP contribution in [-0.2, 0) is 9.59 Å². The fourth-order valence-corrected chi connectivity index (χ4v) is 3.35. The lowest BCUT2D eigenvalue weighted by atomic mass is 10.1. The Labute approximate surface area is 136 Å². The van der Waals surface area contributed by atoms with Gasteiger partial charge >= 0.3 is 5.97 Å². The molecule has 3 rings (SSSR count). The molecule has 0 saturated carbocycles. The van der Waals surface area contributed by atoms with Crippen molar-refractivity contribution in [1.82, 2.24) is 4.90 Å². The number of aliphatic carboxylic acids is 1. The largest absolute Gasteiger partial charge is 0.488 e. The Balaban J connectivity index is 1.82. The number of carboxylic acids is 1. The summed E-state index contributed by atoms with van der Waals surface area (Å²) in [6.45, 7) is 0.837.